The Morgan fingerprint density at radius 1 is 0.741 bits per heavy atom. The molecule has 0 radical (unpaired) electrons. The molecule has 0 aliphatic rings. The lowest BCUT2D eigenvalue weighted by atomic mass is 10.0. The summed E-state index contributed by atoms with van der Waals surface area (Å²) >= 11 is 0. The maximum absolute atomic E-state index is 13.0. The average Bonchev–Trinajstić information content (AvgIpc) is 2.73. The van der Waals surface area contributed by atoms with Gasteiger partial charge in [0.15, 0.2) is 0 Å². The largest absolute Gasteiger partial charge is 0.497 e. The highest BCUT2D eigenvalue weighted by Gasteiger charge is 2.13. The van der Waals surface area contributed by atoms with Crippen LogP contribution in [0.1, 0.15) is 0 Å². The molecule has 0 fully saturated rings. The highest BCUT2D eigenvalue weighted by atomic mass is 16.5. The lowest BCUT2D eigenvalue weighted by Gasteiger charge is -2.15. The van der Waals surface area contributed by atoms with Gasteiger partial charge < -0.3 is 9.47 Å². The number of methoxy groups -OCH3 is 2. The third-order valence-corrected chi connectivity index (χ3v) is 4.64. The molecule has 27 heavy (non-hydrogen) atoms. The minimum atomic E-state index is -0.0864. The zero-order chi connectivity index (χ0) is 18.8. The minimum absolute atomic E-state index is 0.0864. The van der Waals surface area contributed by atoms with Gasteiger partial charge in [0.25, 0.3) is 5.56 Å². The van der Waals surface area contributed by atoms with E-state index in [-0.39, 0.29) is 5.56 Å². The van der Waals surface area contributed by atoms with Crippen LogP contribution in [0.15, 0.2) is 83.7 Å². The molecule has 0 amide bonds. The molecular weight excluding hydrogens is 338 g/mol. The molecule has 0 aliphatic carbocycles. The maximum atomic E-state index is 13.0. The lowest BCUT2D eigenvalue weighted by Crippen LogP contribution is -2.18. The van der Waals surface area contributed by atoms with Gasteiger partial charge in [-0.05, 0) is 53.6 Å². The summed E-state index contributed by atoms with van der Waals surface area (Å²) in [5, 5.41) is 0.955. The highest BCUT2D eigenvalue weighted by molar-refractivity contribution is 5.96. The Balaban J connectivity index is 2.04. The van der Waals surface area contributed by atoms with Gasteiger partial charge in [0.1, 0.15) is 11.5 Å². The van der Waals surface area contributed by atoms with Crippen LogP contribution < -0.4 is 15.0 Å². The van der Waals surface area contributed by atoms with Crippen molar-refractivity contribution in [2.45, 2.75) is 0 Å². The van der Waals surface area contributed by atoms with Crippen molar-refractivity contribution in [3.05, 3.63) is 89.2 Å². The zero-order valence-electron chi connectivity index (χ0n) is 15.2. The smallest absolute Gasteiger partial charge is 0.256 e. The van der Waals surface area contributed by atoms with Gasteiger partial charge in [0, 0.05) is 17.1 Å². The van der Waals surface area contributed by atoms with Gasteiger partial charge in [-0.2, -0.15) is 0 Å². The monoisotopic (exact) mass is 357 g/mol. The number of nitrogens with zero attached hydrogens (tertiary/aromatic N) is 1. The summed E-state index contributed by atoms with van der Waals surface area (Å²) in [6, 6.07) is 24.8. The fraction of sp³-hybridized carbons (Fsp3) is 0.0870. The number of pyridine rings is 1. The van der Waals surface area contributed by atoms with E-state index in [4.69, 9.17) is 9.47 Å². The van der Waals surface area contributed by atoms with Gasteiger partial charge in [-0.15, -0.1) is 0 Å². The Morgan fingerprint density at radius 3 is 2.07 bits per heavy atom. The summed E-state index contributed by atoms with van der Waals surface area (Å²) in [7, 11) is 3.26. The summed E-state index contributed by atoms with van der Waals surface area (Å²) < 4.78 is 12.4. The van der Waals surface area contributed by atoms with Crippen LogP contribution in [0.3, 0.4) is 0 Å². The van der Waals surface area contributed by atoms with Gasteiger partial charge in [-0.1, -0.05) is 30.3 Å². The van der Waals surface area contributed by atoms with E-state index in [0.717, 1.165) is 39.2 Å². The molecule has 0 unspecified atom stereocenters. The number of benzene rings is 3. The van der Waals surface area contributed by atoms with Crippen molar-refractivity contribution in [1.29, 1.82) is 0 Å². The van der Waals surface area contributed by atoms with E-state index in [9.17, 15) is 4.79 Å². The van der Waals surface area contributed by atoms with Crippen molar-refractivity contribution in [3.8, 4) is 28.3 Å². The summed E-state index contributed by atoms with van der Waals surface area (Å²) in [6.07, 6.45) is 0. The summed E-state index contributed by atoms with van der Waals surface area (Å²) in [4.78, 5) is 13.0. The molecule has 4 aromatic rings. The minimum Gasteiger partial charge on any atom is -0.497 e. The van der Waals surface area contributed by atoms with Crippen molar-refractivity contribution in [1.82, 2.24) is 4.57 Å². The second-order valence-corrected chi connectivity index (χ2v) is 6.18. The van der Waals surface area contributed by atoms with E-state index in [1.165, 1.54) is 0 Å². The Bertz CT molecular complexity index is 1150. The molecule has 0 saturated heterocycles. The van der Waals surface area contributed by atoms with E-state index in [0.29, 0.717) is 0 Å². The first-order valence-electron chi connectivity index (χ1n) is 8.65. The standard InChI is InChI=1S/C23H19NO3/c1-26-18-10-8-17(9-11-18)24-22-13-12-19(27-2)14-21(22)20(15-23(24)25)16-6-4-3-5-7-16/h3-15H,1-2H3. The second kappa shape index (κ2) is 7.00. The third-order valence-electron chi connectivity index (χ3n) is 4.64. The van der Waals surface area contributed by atoms with E-state index in [1.807, 2.05) is 72.8 Å². The van der Waals surface area contributed by atoms with Crippen LogP contribution in [0.2, 0.25) is 0 Å². The van der Waals surface area contributed by atoms with Gasteiger partial charge in [-0.25, -0.2) is 0 Å². The molecule has 0 N–H and O–H groups in total. The molecule has 4 rings (SSSR count). The molecule has 4 nitrogen and oxygen atoms in total. The topological polar surface area (TPSA) is 40.5 Å². The number of hydrogen-bond acceptors (Lipinski definition) is 3. The second-order valence-electron chi connectivity index (χ2n) is 6.18. The van der Waals surface area contributed by atoms with Crippen LogP contribution in [0, 0.1) is 0 Å². The summed E-state index contributed by atoms with van der Waals surface area (Å²) in [6.45, 7) is 0. The maximum Gasteiger partial charge on any atom is 0.256 e. The Kier molecular flexibility index (Phi) is 4.38. The molecular formula is C23H19NO3. The van der Waals surface area contributed by atoms with Gasteiger partial charge in [0.2, 0.25) is 0 Å². The van der Waals surface area contributed by atoms with Crippen LogP contribution in [-0.4, -0.2) is 18.8 Å². The molecule has 3 aromatic carbocycles. The van der Waals surface area contributed by atoms with Gasteiger partial charge in [-0.3, -0.25) is 9.36 Å². The normalized spacial score (nSPS) is 10.7. The van der Waals surface area contributed by atoms with E-state index >= 15 is 0 Å². The molecule has 4 heteroatoms. The molecule has 0 bridgehead atoms. The highest BCUT2D eigenvalue weighted by Crippen LogP contribution is 2.31. The number of rotatable bonds is 4. The molecule has 134 valence electrons. The third kappa shape index (κ3) is 3.06. The first-order chi connectivity index (χ1) is 13.2. The van der Waals surface area contributed by atoms with E-state index in [2.05, 4.69) is 0 Å². The Labute approximate surface area is 157 Å². The van der Waals surface area contributed by atoms with Crippen molar-refractivity contribution in [2.75, 3.05) is 14.2 Å². The number of aromatic nitrogens is 1. The fourth-order valence-electron chi connectivity index (χ4n) is 3.29. The molecule has 1 heterocycles. The Morgan fingerprint density at radius 2 is 1.41 bits per heavy atom. The first kappa shape index (κ1) is 16.9. The predicted molar refractivity (Wildman–Crippen MR) is 108 cm³/mol. The molecule has 0 saturated carbocycles. The van der Waals surface area contributed by atoms with Crippen LogP contribution in [0.5, 0.6) is 11.5 Å². The van der Waals surface area contributed by atoms with Gasteiger partial charge >= 0.3 is 0 Å². The van der Waals surface area contributed by atoms with Crippen molar-refractivity contribution >= 4 is 10.9 Å². The van der Waals surface area contributed by atoms with Crippen LogP contribution in [0.25, 0.3) is 27.7 Å². The predicted octanol–water partition coefficient (Wildman–Crippen LogP) is 4.67. The number of fused-ring (bicyclic) bond motifs is 1. The lowest BCUT2D eigenvalue weighted by molar-refractivity contribution is 0.415. The molecule has 0 spiro atoms. The number of hydrogen-bond donors (Lipinski definition) is 0. The average molecular weight is 357 g/mol. The van der Waals surface area contributed by atoms with Crippen molar-refractivity contribution in [2.24, 2.45) is 0 Å². The summed E-state index contributed by atoms with van der Waals surface area (Å²) in [5.74, 6) is 1.50. The van der Waals surface area contributed by atoms with Crippen LogP contribution in [-0.2, 0) is 0 Å². The first-order valence-corrected chi connectivity index (χ1v) is 8.65. The molecule has 0 aliphatic heterocycles. The quantitative estimate of drug-likeness (QED) is 0.533. The van der Waals surface area contributed by atoms with Crippen molar-refractivity contribution in [3.63, 3.8) is 0 Å². The van der Waals surface area contributed by atoms with Crippen LogP contribution >= 0.6 is 0 Å². The zero-order valence-corrected chi connectivity index (χ0v) is 15.2. The molecule has 1 aromatic heterocycles. The van der Waals surface area contributed by atoms with E-state index in [1.54, 1.807) is 24.9 Å². The van der Waals surface area contributed by atoms with E-state index < -0.39 is 0 Å². The van der Waals surface area contributed by atoms with Crippen molar-refractivity contribution < 1.29 is 9.47 Å². The van der Waals surface area contributed by atoms with Crippen LogP contribution in [0.4, 0.5) is 0 Å². The molecule has 0 atom stereocenters. The fourth-order valence-corrected chi connectivity index (χ4v) is 3.29. The van der Waals surface area contributed by atoms with Gasteiger partial charge in [0.05, 0.1) is 19.7 Å². The summed E-state index contributed by atoms with van der Waals surface area (Å²) in [5.41, 5.74) is 3.41. The Hall–Kier alpha value is -3.53. The number of ether oxygens (including phenoxy) is 2. The SMILES string of the molecule is COc1ccc(-n2c(=O)cc(-c3ccccc3)c3cc(OC)ccc32)cc1.